The number of sulfonamides is 1. The SMILES string of the molecule is CS(=O)(=O)NCC1CCCN(C(=O)C2(CN)CCCC2)C1.Cl. The van der Waals surface area contributed by atoms with Crippen LogP contribution >= 0.6 is 12.4 Å². The molecule has 8 heteroatoms. The minimum Gasteiger partial charge on any atom is -0.342 e. The molecule has 3 N–H and O–H groups in total. The van der Waals surface area contributed by atoms with E-state index in [9.17, 15) is 13.2 Å². The van der Waals surface area contributed by atoms with Gasteiger partial charge in [0.25, 0.3) is 0 Å². The molecule has 1 heterocycles. The third-order valence-electron chi connectivity index (χ3n) is 4.85. The van der Waals surface area contributed by atoms with E-state index in [0.717, 1.165) is 45.1 Å². The summed E-state index contributed by atoms with van der Waals surface area (Å²) < 4.78 is 24.9. The first-order chi connectivity index (χ1) is 9.86. The second kappa shape index (κ2) is 7.95. The van der Waals surface area contributed by atoms with Gasteiger partial charge in [-0.1, -0.05) is 12.8 Å². The zero-order chi connectivity index (χ0) is 15.5. The molecule has 0 radical (unpaired) electrons. The number of nitrogens with two attached hydrogens (primary N) is 1. The zero-order valence-electron chi connectivity index (χ0n) is 13.2. The number of nitrogens with one attached hydrogen (secondary N) is 1. The lowest BCUT2D eigenvalue weighted by Gasteiger charge is -2.38. The number of carbonyl (C=O) groups excluding carboxylic acids is 1. The molecule has 130 valence electrons. The molecule has 1 unspecified atom stereocenters. The standard InChI is InChI=1S/C14H27N3O3S.ClH/c1-21(19,20)16-9-12-5-4-8-17(10-12)13(18)14(11-15)6-2-3-7-14;/h12,16H,2-11,15H2,1H3;1H. The van der Waals surface area contributed by atoms with Crippen LogP contribution in [0, 0.1) is 11.3 Å². The Labute approximate surface area is 139 Å². The van der Waals surface area contributed by atoms with Crippen molar-refractivity contribution >= 4 is 28.3 Å². The summed E-state index contributed by atoms with van der Waals surface area (Å²) in [5.41, 5.74) is 5.53. The number of hydrogen-bond acceptors (Lipinski definition) is 4. The lowest BCUT2D eigenvalue weighted by atomic mass is 9.83. The molecule has 1 atom stereocenters. The molecule has 1 aliphatic heterocycles. The largest absolute Gasteiger partial charge is 0.342 e. The molecule has 2 aliphatic rings. The van der Waals surface area contributed by atoms with E-state index in [4.69, 9.17) is 5.73 Å². The summed E-state index contributed by atoms with van der Waals surface area (Å²) in [6.45, 7) is 2.26. The monoisotopic (exact) mass is 353 g/mol. The molecule has 0 aromatic heterocycles. The highest BCUT2D eigenvalue weighted by atomic mass is 35.5. The first-order valence-corrected chi connectivity index (χ1v) is 9.69. The minimum atomic E-state index is -3.17. The van der Waals surface area contributed by atoms with Gasteiger partial charge in [0.2, 0.25) is 15.9 Å². The lowest BCUT2D eigenvalue weighted by molar-refractivity contribution is -0.143. The molecular weight excluding hydrogens is 326 g/mol. The van der Waals surface area contributed by atoms with Gasteiger partial charge in [0.15, 0.2) is 0 Å². The maximum absolute atomic E-state index is 12.8. The molecule has 6 nitrogen and oxygen atoms in total. The van der Waals surface area contributed by atoms with Crippen LogP contribution in [0.25, 0.3) is 0 Å². The predicted molar refractivity (Wildman–Crippen MR) is 89.4 cm³/mol. The summed E-state index contributed by atoms with van der Waals surface area (Å²) in [4.78, 5) is 14.7. The van der Waals surface area contributed by atoms with Crippen LogP contribution in [0.3, 0.4) is 0 Å². The smallest absolute Gasteiger partial charge is 0.230 e. The van der Waals surface area contributed by atoms with Gasteiger partial charge in [0, 0.05) is 26.2 Å². The van der Waals surface area contributed by atoms with Crippen LogP contribution in [0.5, 0.6) is 0 Å². The van der Waals surface area contributed by atoms with E-state index >= 15 is 0 Å². The molecule has 22 heavy (non-hydrogen) atoms. The Morgan fingerprint density at radius 1 is 1.32 bits per heavy atom. The minimum absolute atomic E-state index is 0. The van der Waals surface area contributed by atoms with Crippen molar-refractivity contribution < 1.29 is 13.2 Å². The average Bonchev–Trinajstić information content (AvgIpc) is 2.94. The zero-order valence-corrected chi connectivity index (χ0v) is 14.8. The van der Waals surface area contributed by atoms with Crippen LogP contribution in [0.2, 0.25) is 0 Å². The van der Waals surface area contributed by atoms with Crippen LogP contribution in [0.4, 0.5) is 0 Å². The summed E-state index contributed by atoms with van der Waals surface area (Å²) in [5, 5.41) is 0. The van der Waals surface area contributed by atoms with Gasteiger partial charge in [0.1, 0.15) is 0 Å². The number of likely N-dealkylation sites (tertiary alicyclic amines) is 1. The fourth-order valence-electron chi connectivity index (χ4n) is 3.58. The molecule has 0 aromatic rings. The van der Waals surface area contributed by atoms with Crippen molar-refractivity contribution in [3.05, 3.63) is 0 Å². The van der Waals surface area contributed by atoms with E-state index in [2.05, 4.69) is 4.72 Å². The fraction of sp³-hybridized carbons (Fsp3) is 0.929. The van der Waals surface area contributed by atoms with Crippen LogP contribution in [-0.2, 0) is 14.8 Å². The summed E-state index contributed by atoms with van der Waals surface area (Å²) in [6.07, 6.45) is 7.01. The number of carbonyl (C=O) groups is 1. The summed E-state index contributed by atoms with van der Waals surface area (Å²) in [5.74, 6) is 0.389. The van der Waals surface area contributed by atoms with Gasteiger partial charge in [-0.2, -0.15) is 0 Å². The molecule has 0 aromatic carbocycles. The highest BCUT2D eigenvalue weighted by molar-refractivity contribution is 7.88. The molecule has 1 aliphatic carbocycles. The number of rotatable bonds is 5. The normalized spacial score (nSPS) is 24.8. The highest BCUT2D eigenvalue weighted by Crippen LogP contribution is 2.39. The van der Waals surface area contributed by atoms with E-state index in [1.165, 1.54) is 6.26 Å². The Balaban J connectivity index is 0.00000242. The molecule has 1 saturated heterocycles. The van der Waals surface area contributed by atoms with Crippen molar-refractivity contribution in [1.82, 2.24) is 9.62 Å². The molecular formula is C14H28ClN3O3S. The van der Waals surface area contributed by atoms with Crippen molar-refractivity contribution in [1.29, 1.82) is 0 Å². The average molecular weight is 354 g/mol. The van der Waals surface area contributed by atoms with Crippen LogP contribution in [-0.4, -0.2) is 51.7 Å². The number of piperidine rings is 1. The van der Waals surface area contributed by atoms with Gasteiger partial charge in [-0.3, -0.25) is 4.79 Å². The number of amides is 1. The Kier molecular flexibility index (Phi) is 7.11. The maximum Gasteiger partial charge on any atom is 0.230 e. The van der Waals surface area contributed by atoms with Crippen molar-refractivity contribution in [2.24, 2.45) is 17.1 Å². The predicted octanol–water partition coefficient (Wildman–Crippen LogP) is 0.715. The van der Waals surface area contributed by atoms with Gasteiger partial charge in [0.05, 0.1) is 11.7 Å². The molecule has 0 bridgehead atoms. The summed E-state index contributed by atoms with van der Waals surface area (Å²) >= 11 is 0. The van der Waals surface area contributed by atoms with Gasteiger partial charge < -0.3 is 10.6 Å². The molecule has 0 spiro atoms. The maximum atomic E-state index is 12.8. The highest BCUT2D eigenvalue weighted by Gasteiger charge is 2.43. The van der Waals surface area contributed by atoms with Crippen molar-refractivity contribution in [3.63, 3.8) is 0 Å². The van der Waals surface area contributed by atoms with E-state index < -0.39 is 10.0 Å². The second-order valence-electron chi connectivity index (χ2n) is 6.57. The quantitative estimate of drug-likeness (QED) is 0.761. The Morgan fingerprint density at radius 2 is 1.95 bits per heavy atom. The van der Waals surface area contributed by atoms with Gasteiger partial charge >= 0.3 is 0 Å². The van der Waals surface area contributed by atoms with Crippen LogP contribution in [0.15, 0.2) is 0 Å². The van der Waals surface area contributed by atoms with Crippen molar-refractivity contribution in [3.8, 4) is 0 Å². The number of nitrogens with zero attached hydrogens (tertiary/aromatic N) is 1. The Bertz CT molecular complexity index is 478. The molecule has 2 fully saturated rings. The van der Waals surface area contributed by atoms with Gasteiger partial charge in [-0.05, 0) is 31.6 Å². The Morgan fingerprint density at radius 3 is 2.50 bits per heavy atom. The summed E-state index contributed by atoms with van der Waals surface area (Å²) in [6, 6.07) is 0. The number of hydrogen-bond donors (Lipinski definition) is 2. The van der Waals surface area contributed by atoms with E-state index in [1.54, 1.807) is 0 Å². The van der Waals surface area contributed by atoms with Crippen molar-refractivity contribution in [2.45, 2.75) is 38.5 Å². The third-order valence-corrected chi connectivity index (χ3v) is 5.54. The van der Waals surface area contributed by atoms with Gasteiger partial charge in [-0.15, -0.1) is 12.4 Å². The van der Waals surface area contributed by atoms with E-state index in [0.29, 0.717) is 19.6 Å². The fourth-order valence-corrected chi connectivity index (χ4v) is 4.12. The molecule has 2 rings (SSSR count). The van der Waals surface area contributed by atoms with E-state index in [-0.39, 0.29) is 29.6 Å². The van der Waals surface area contributed by atoms with Crippen LogP contribution in [0.1, 0.15) is 38.5 Å². The second-order valence-corrected chi connectivity index (χ2v) is 8.40. The van der Waals surface area contributed by atoms with Crippen molar-refractivity contribution in [2.75, 3.05) is 32.4 Å². The first kappa shape index (κ1) is 19.7. The number of halogens is 1. The third kappa shape index (κ3) is 4.81. The first-order valence-electron chi connectivity index (χ1n) is 7.80. The summed E-state index contributed by atoms with van der Waals surface area (Å²) in [7, 11) is -3.17. The molecule has 1 saturated carbocycles. The topological polar surface area (TPSA) is 92.5 Å². The van der Waals surface area contributed by atoms with Crippen LogP contribution < -0.4 is 10.5 Å². The lowest BCUT2D eigenvalue weighted by Crippen LogP contribution is -2.51. The molecule has 1 amide bonds. The Hall–Kier alpha value is -0.370. The van der Waals surface area contributed by atoms with E-state index in [1.807, 2.05) is 4.90 Å². The van der Waals surface area contributed by atoms with Gasteiger partial charge in [-0.25, -0.2) is 13.1 Å².